The summed E-state index contributed by atoms with van der Waals surface area (Å²) in [6, 6.07) is 4.80. The third-order valence-electron chi connectivity index (χ3n) is 3.04. The van der Waals surface area contributed by atoms with Crippen molar-refractivity contribution >= 4 is 11.8 Å². The Hall–Kier alpha value is -1.33. The van der Waals surface area contributed by atoms with E-state index in [0.717, 1.165) is 21.9 Å². The van der Waals surface area contributed by atoms with Crippen LogP contribution < -0.4 is 5.32 Å². The van der Waals surface area contributed by atoms with Gasteiger partial charge in [-0.3, -0.25) is 0 Å². The van der Waals surface area contributed by atoms with Gasteiger partial charge in [0, 0.05) is 17.0 Å². The first-order valence-electron chi connectivity index (χ1n) is 6.90. The fourth-order valence-electron chi connectivity index (χ4n) is 1.73. The van der Waals surface area contributed by atoms with Crippen LogP contribution in [0.4, 0.5) is 4.39 Å². The first-order valence-corrected chi connectivity index (χ1v) is 7.71. The van der Waals surface area contributed by atoms with Gasteiger partial charge in [-0.2, -0.15) is 0 Å². The molecule has 0 aliphatic heterocycles. The van der Waals surface area contributed by atoms with Crippen molar-refractivity contribution < 1.29 is 8.81 Å². The van der Waals surface area contributed by atoms with Crippen LogP contribution in [-0.2, 0) is 6.54 Å². The third-order valence-corrected chi connectivity index (χ3v) is 4.01. The molecule has 2 rings (SSSR count). The van der Waals surface area contributed by atoms with Crippen LogP contribution in [0.1, 0.15) is 37.8 Å². The minimum atomic E-state index is -0.232. The molecule has 0 radical (unpaired) electrons. The molecule has 0 aliphatic rings. The summed E-state index contributed by atoms with van der Waals surface area (Å²) in [6.45, 7) is 10.6. The number of nitrogens with zero attached hydrogens (tertiary/aromatic N) is 1. The summed E-state index contributed by atoms with van der Waals surface area (Å²) in [5, 5.41) is 3.97. The number of hydrogen-bond acceptors (Lipinski definition) is 4. The van der Waals surface area contributed by atoms with E-state index in [1.54, 1.807) is 12.1 Å². The zero-order valence-corrected chi connectivity index (χ0v) is 13.9. The zero-order valence-electron chi connectivity index (χ0n) is 13.1. The number of nitrogens with one attached hydrogen (secondary N) is 1. The number of hydrogen-bond donors (Lipinski definition) is 1. The predicted molar refractivity (Wildman–Crippen MR) is 83.1 cm³/mol. The minimum absolute atomic E-state index is 0.0234. The molecule has 3 nitrogen and oxygen atoms in total. The highest BCUT2D eigenvalue weighted by atomic mass is 32.2. The lowest BCUT2D eigenvalue weighted by molar-refractivity contribution is 0.421. The summed E-state index contributed by atoms with van der Waals surface area (Å²) in [5.74, 6) is 0.582. The van der Waals surface area contributed by atoms with Crippen molar-refractivity contribution in [1.82, 2.24) is 10.3 Å². The van der Waals surface area contributed by atoms with Crippen LogP contribution in [0.25, 0.3) is 0 Å². The third kappa shape index (κ3) is 4.58. The number of halogens is 1. The molecule has 0 atom stereocenters. The van der Waals surface area contributed by atoms with E-state index in [1.807, 2.05) is 13.8 Å². The summed E-state index contributed by atoms with van der Waals surface area (Å²) in [4.78, 5) is 5.31. The van der Waals surface area contributed by atoms with E-state index in [0.29, 0.717) is 11.8 Å². The fourth-order valence-corrected chi connectivity index (χ4v) is 2.66. The van der Waals surface area contributed by atoms with Crippen molar-refractivity contribution in [1.29, 1.82) is 0 Å². The largest absolute Gasteiger partial charge is 0.436 e. The molecule has 1 aromatic carbocycles. The van der Waals surface area contributed by atoms with Crippen LogP contribution in [-0.4, -0.2) is 10.5 Å². The Bertz CT molecular complexity index is 612. The molecule has 0 spiro atoms. The van der Waals surface area contributed by atoms with E-state index in [9.17, 15) is 4.39 Å². The summed E-state index contributed by atoms with van der Waals surface area (Å²) >= 11 is 1.42. The minimum Gasteiger partial charge on any atom is -0.436 e. The molecule has 0 saturated carbocycles. The Morgan fingerprint density at radius 1 is 1.29 bits per heavy atom. The van der Waals surface area contributed by atoms with Gasteiger partial charge < -0.3 is 9.73 Å². The first kappa shape index (κ1) is 16.0. The first-order chi connectivity index (χ1) is 9.74. The van der Waals surface area contributed by atoms with E-state index >= 15 is 0 Å². The highest BCUT2D eigenvalue weighted by Crippen LogP contribution is 2.31. The Morgan fingerprint density at radius 3 is 2.57 bits per heavy atom. The van der Waals surface area contributed by atoms with Gasteiger partial charge >= 0.3 is 0 Å². The van der Waals surface area contributed by atoms with Gasteiger partial charge in [0.2, 0.25) is 0 Å². The molecule has 21 heavy (non-hydrogen) atoms. The SMILES string of the molecule is Cc1nc(Sc2ccc(F)cc2CNC(C)(C)C)oc1C. The van der Waals surface area contributed by atoms with Crippen molar-refractivity contribution in [3.63, 3.8) is 0 Å². The van der Waals surface area contributed by atoms with Gasteiger partial charge in [0.15, 0.2) is 0 Å². The molecular formula is C16H21FN2OS. The molecule has 114 valence electrons. The van der Waals surface area contributed by atoms with Crippen LogP contribution in [0, 0.1) is 19.7 Å². The molecule has 1 N–H and O–H groups in total. The van der Waals surface area contributed by atoms with Crippen LogP contribution in [0.15, 0.2) is 32.7 Å². The van der Waals surface area contributed by atoms with Crippen LogP contribution in [0.5, 0.6) is 0 Å². The maximum absolute atomic E-state index is 13.5. The molecule has 0 amide bonds. The lowest BCUT2D eigenvalue weighted by Gasteiger charge is -2.21. The molecule has 1 heterocycles. The number of oxazole rings is 1. The monoisotopic (exact) mass is 308 g/mol. The number of rotatable bonds is 4. The molecule has 1 aromatic heterocycles. The van der Waals surface area contributed by atoms with Crippen molar-refractivity contribution in [2.45, 2.75) is 56.8 Å². The second-order valence-corrected chi connectivity index (χ2v) is 7.07. The topological polar surface area (TPSA) is 38.1 Å². The van der Waals surface area contributed by atoms with Crippen LogP contribution in [0.2, 0.25) is 0 Å². The van der Waals surface area contributed by atoms with Crippen molar-refractivity contribution in [3.05, 3.63) is 41.0 Å². The van der Waals surface area contributed by atoms with Gasteiger partial charge in [0.05, 0.1) is 5.69 Å². The lowest BCUT2D eigenvalue weighted by Crippen LogP contribution is -2.35. The molecule has 0 fully saturated rings. The number of benzene rings is 1. The molecule has 0 bridgehead atoms. The van der Waals surface area contributed by atoms with E-state index in [2.05, 4.69) is 31.1 Å². The Balaban J connectivity index is 2.22. The second-order valence-electron chi connectivity index (χ2n) is 6.08. The molecule has 0 aliphatic carbocycles. The summed E-state index contributed by atoms with van der Waals surface area (Å²) in [6.07, 6.45) is 0. The average molecular weight is 308 g/mol. The quantitative estimate of drug-likeness (QED) is 0.904. The maximum Gasteiger partial charge on any atom is 0.261 e. The van der Waals surface area contributed by atoms with Crippen molar-refractivity contribution in [3.8, 4) is 0 Å². The Labute approximate surface area is 129 Å². The van der Waals surface area contributed by atoms with Crippen molar-refractivity contribution in [2.24, 2.45) is 0 Å². The average Bonchev–Trinajstić information content (AvgIpc) is 2.68. The normalized spacial score (nSPS) is 11.9. The maximum atomic E-state index is 13.5. The van der Waals surface area contributed by atoms with E-state index in [1.165, 1.54) is 17.8 Å². The fraction of sp³-hybridized carbons (Fsp3) is 0.438. The smallest absolute Gasteiger partial charge is 0.261 e. The van der Waals surface area contributed by atoms with E-state index < -0.39 is 0 Å². The summed E-state index contributed by atoms with van der Waals surface area (Å²) in [5.41, 5.74) is 1.77. The van der Waals surface area contributed by atoms with Gasteiger partial charge in [0.1, 0.15) is 11.6 Å². The molecule has 0 unspecified atom stereocenters. The molecule has 2 aromatic rings. The standard InChI is InChI=1S/C16H21FN2OS/c1-10-11(2)20-15(19-10)21-14-7-6-13(17)8-12(14)9-18-16(3,4)5/h6-8,18H,9H2,1-5H3. The summed E-state index contributed by atoms with van der Waals surface area (Å²) < 4.78 is 19.1. The molecule has 5 heteroatoms. The predicted octanol–water partition coefficient (Wildman–Crippen LogP) is 4.47. The Kier molecular flexibility index (Phi) is 4.74. The van der Waals surface area contributed by atoms with Gasteiger partial charge in [-0.05, 0) is 70.1 Å². The van der Waals surface area contributed by atoms with E-state index in [-0.39, 0.29) is 11.4 Å². The van der Waals surface area contributed by atoms with Gasteiger partial charge in [-0.25, -0.2) is 9.37 Å². The lowest BCUT2D eigenvalue weighted by atomic mass is 10.1. The van der Waals surface area contributed by atoms with Crippen LogP contribution >= 0.6 is 11.8 Å². The molecule has 0 saturated heterocycles. The van der Waals surface area contributed by atoms with Gasteiger partial charge in [-0.1, -0.05) is 0 Å². The Morgan fingerprint density at radius 2 is 2.00 bits per heavy atom. The highest BCUT2D eigenvalue weighted by molar-refractivity contribution is 7.99. The molecular weight excluding hydrogens is 287 g/mol. The highest BCUT2D eigenvalue weighted by Gasteiger charge is 2.14. The summed E-state index contributed by atoms with van der Waals surface area (Å²) in [7, 11) is 0. The zero-order chi connectivity index (χ0) is 15.6. The van der Waals surface area contributed by atoms with Crippen molar-refractivity contribution in [2.75, 3.05) is 0 Å². The number of aromatic nitrogens is 1. The van der Waals surface area contributed by atoms with Gasteiger partial charge in [-0.15, -0.1) is 0 Å². The van der Waals surface area contributed by atoms with E-state index in [4.69, 9.17) is 4.42 Å². The number of aryl methyl sites for hydroxylation is 2. The van der Waals surface area contributed by atoms with Gasteiger partial charge in [0.25, 0.3) is 5.22 Å². The van der Waals surface area contributed by atoms with Crippen LogP contribution in [0.3, 0.4) is 0 Å². The second kappa shape index (κ2) is 6.20.